The fourth-order valence-corrected chi connectivity index (χ4v) is 13.6. The van der Waals surface area contributed by atoms with Gasteiger partial charge in [0.15, 0.2) is 8.32 Å². The summed E-state index contributed by atoms with van der Waals surface area (Å²) in [5.41, 5.74) is 2.58. The summed E-state index contributed by atoms with van der Waals surface area (Å²) in [6.07, 6.45) is 0.193. The van der Waals surface area contributed by atoms with Gasteiger partial charge in [0.1, 0.15) is 21.1 Å². The van der Waals surface area contributed by atoms with Crippen LogP contribution < -0.4 is 19.7 Å². The van der Waals surface area contributed by atoms with Crippen molar-refractivity contribution >= 4 is 52.0 Å². The third kappa shape index (κ3) is 13.2. The molecule has 0 bridgehead atoms. The number of carbonyl (C=O) groups is 3. The van der Waals surface area contributed by atoms with E-state index in [0.29, 0.717) is 33.6 Å². The maximum Gasteiger partial charge on any atom is 0.407 e. The largest absolute Gasteiger partial charge is 0.497 e. The molecule has 2 aliphatic rings. The molecule has 0 aliphatic carbocycles. The number of sulfonamides is 2. The first-order chi connectivity index (χ1) is 36.8. The van der Waals surface area contributed by atoms with Crippen molar-refractivity contribution in [2.24, 2.45) is 0 Å². The zero-order valence-electron chi connectivity index (χ0n) is 45.4. The number of nitrogens with one attached hydrogen (secondary N) is 2. The smallest absolute Gasteiger partial charge is 0.407 e. The highest BCUT2D eigenvalue weighted by Crippen LogP contribution is 2.43. The number of alkyl carbamates (subject to hydrolysis) is 1. The van der Waals surface area contributed by atoms with Gasteiger partial charge in [-0.15, -0.1) is 10.2 Å². The molecule has 0 radical (unpaired) electrons. The Labute approximate surface area is 457 Å². The van der Waals surface area contributed by atoms with E-state index >= 15 is 16.8 Å². The standard InChI is InChI=1S/C56H67N9O10S2Si/c1-55(2,3)74-54(68)57-32-44(75-78(8,9)56(4,5)6)33-58-76(69,70)48-29-28-47(62-31-30-42(34-62)37-64-52(66)45-22-16-17-23-46(45)53(64)67)49(51-59-61-65(60-51)38-41-24-26-43(73-7)27-25-41)50(48)77(71,72)63(35-39-18-12-10-13-19-39)36-40-20-14-11-15-21-40/h10-30,44,58H,31-38H2,1-9H3,(H,57,68)/t44-/m1/s1. The summed E-state index contributed by atoms with van der Waals surface area (Å²) in [6.45, 7) is 14.8. The van der Waals surface area contributed by atoms with E-state index in [1.807, 2.05) is 69.1 Å². The Morgan fingerprint density at radius 2 is 1.35 bits per heavy atom. The van der Waals surface area contributed by atoms with Gasteiger partial charge in [0.25, 0.3) is 11.8 Å². The van der Waals surface area contributed by atoms with Crippen molar-refractivity contribution in [3.8, 4) is 17.1 Å². The van der Waals surface area contributed by atoms with E-state index in [9.17, 15) is 14.4 Å². The molecule has 2 aliphatic heterocycles. The number of benzene rings is 5. The van der Waals surface area contributed by atoms with Crippen molar-refractivity contribution in [3.05, 3.63) is 161 Å². The van der Waals surface area contributed by atoms with E-state index in [0.717, 1.165) is 5.56 Å². The monoisotopic (exact) mass is 1120 g/mol. The molecule has 0 fully saturated rings. The first-order valence-electron chi connectivity index (χ1n) is 25.5. The van der Waals surface area contributed by atoms with Crippen molar-refractivity contribution in [2.45, 2.75) is 101 Å². The number of fused-ring (bicyclic) bond motifs is 1. The molecule has 0 spiro atoms. The summed E-state index contributed by atoms with van der Waals surface area (Å²) in [7, 11) is -10.9. The molecule has 78 heavy (non-hydrogen) atoms. The lowest BCUT2D eigenvalue weighted by Crippen LogP contribution is -2.51. The molecular formula is C56H67N9O10S2Si. The zero-order valence-corrected chi connectivity index (χ0v) is 48.0. The van der Waals surface area contributed by atoms with Gasteiger partial charge in [-0.05, 0) is 103 Å². The fraction of sp³-hybridized carbons (Fsp3) is 0.357. The van der Waals surface area contributed by atoms with Gasteiger partial charge in [-0.1, -0.05) is 112 Å². The lowest BCUT2D eigenvalue weighted by molar-refractivity contribution is 0.0497. The molecule has 2 N–H and O–H groups in total. The summed E-state index contributed by atoms with van der Waals surface area (Å²) >= 11 is 0. The second-order valence-electron chi connectivity index (χ2n) is 21.7. The average Bonchev–Trinajstić information content (AvgIpc) is 4.28. The van der Waals surface area contributed by atoms with Crippen LogP contribution in [0.25, 0.3) is 11.4 Å². The number of anilines is 1. The quantitative estimate of drug-likeness (QED) is 0.0396. The number of rotatable bonds is 21. The molecule has 1 aromatic heterocycles. The van der Waals surface area contributed by atoms with Crippen molar-refractivity contribution in [2.75, 3.05) is 44.7 Å². The van der Waals surface area contributed by atoms with Crippen LogP contribution in [0.5, 0.6) is 5.75 Å². The van der Waals surface area contributed by atoms with Crippen molar-refractivity contribution in [3.63, 3.8) is 0 Å². The van der Waals surface area contributed by atoms with Gasteiger partial charge in [0, 0.05) is 45.0 Å². The number of ether oxygens (including phenoxy) is 2. The SMILES string of the molecule is COc1ccc(Cn2nnc(-c3c(N4CC=C(CN5C(=O)c6ccccc6C5=O)C4)ccc(S(=O)(=O)NC[C@@H](CNC(=O)OC(C)(C)C)O[Si](C)(C)C(C)(C)C)c3S(=O)(=O)N(Cc3ccccc3)Cc3ccccc3)n2)cc1. The molecule has 3 amide bonds. The minimum absolute atomic E-state index is 0.0428. The third-order valence-corrected chi connectivity index (χ3v) is 21.8. The Morgan fingerprint density at radius 1 is 0.756 bits per heavy atom. The number of nitrogens with zero attached hydrogens (tertiary/aromatic N) is 7. The third-order valence-electron chi connectivity index (χ3n) is 13.8. The van der Waals surface area contributed by atoms with E-state index in [1.54, 1.807) is 113 Å². The van der Waals surface area contributed by atoms with Crippen molar-refractivity contribution in [1.82, 2.24) is 39.5 Å². The second kappa shape index (κ2) is 23.1. The van der Waals surface area contributed by atoms with Crippen LogP contribution in [0.3, 0.4) is 0 Å². The first kappa shape index (κ1) is 57.1. The number of hydrogen-bond acceptors (Lipinski definition) is 14. The Balaban J connectivity index is 1.27. The highest BCUT2D eigenvalue weighted by molar-refractivity contribution is 7.92. The molecule has 0 saturated heterocycles. The zero-order chi connectivity index (χ0) is 56.2. The summed E-state index contributed by atoms with van der Waals surface area (Å²) in [4.78, 5) is 43.2. The predicted octanol–water partition coefficient (Wildman–Crippen LogP) is 8.02. The summed E-state index contributed by atoms with van der Waals surface area (Å²) in [5, 5.41) is 16.0. The van der Waals surface area contributed by atoms with Crippen molar-refractivity contribution < 1.29 is 45.1 Å². The van der Waals surface area contributed by atoms with Crippen LogP contribution in [0.15, 0.2) is 143 Å². The van der Waals surface area contributed by atoms with Gasteiger partial charge < -0.3 is 24.1 Å². The molecule has 0 unspecified atom stereocenters. The molecule has 3 heterocycles. The molecule has 0 saturated carbocycles. The number of aromatic nitrogens is 4. The van der Waals surface area contributed by atoms with Gasteiger partial charge in [-0.3, -0.25) is 14.5 Å². The Morgan fingerprint density at radius 3 is 1.91 bits per heavy atom. The summed E-state index contributed by atoms with van der Waals surface area (Å²) in [5.74, 6) is -0.425. The van der Waals surface area contributed by atoms with E-state index in [4.69, 9.17) is 19.0 Å². The molecule has 8 rings (SSSR count). The van der Waals surface area contributed by atoms with Crippen LogP contribution in [-0.2, 0) is 48.8 Å². The minimum atomic E-state index is -4.96. The topological polar surface area (TPSA) is 225 Å². The Bertz CT molecular complexity index is 3340. The van der Waals surface area contributed by atoms with Gasteiger partial charge in [0.05, 0.1) is 43.0 Å². The molecule has 19 nitrogen and oxygen atoms in total. The van der Waals surface area contributed by atoms with Crippen LogP contribution in [0.1, 0.15) is 78.9 Å². The Kier molecular flexibility index (Phi) is 16.9. The van der Waals surface area contributed by atoms with Gasteiger partial charge >= 0.3 is 6.09 Å². The fourth-order valence-electron chi connectivity index (χ4n) is 8.77. The summed E-state index contributed by atoms with van der Waals surface area (Å²) in [6, 6.07) is 34.5. The van der Waals surface area contributed by atoms with Crippen molar-refractivity contribution in [1.29, 1.82) is 0 Å². The number of imide groups is 1. The highest BCUT2D eigenvalue weighted by Gasteiger charge is 2.42. The average molecular weight is 1120 g/mol. The lowest BCUT2D eigenvalue weighted by atomic mass is 10.1. The predicted molar refractivity (Wildman–Crippen MR) is 298 cm³/mol. The number of tetrazole rings is 1. The number of amides is 3. The number of hydrogen-bond donors (Lipinski definition) is 2. The van der Waals surface area contributed by atoms with Gasteiger partial charge in [-0.2, -0.15) is 9.10 Å². The van der Waals surface area contributed by atoms with E-state index in [1.165, 1.54) is 26.1 Å². The molecule has 412 valence electrons. The minimum Gasteiger partial charge on any atom is -0.497 e. The maximum atomic E-state index is 16.3. The van der Waals surface area contributed by atoms with E-state index in [2.05, 4.69) is 20.4 Å². The van der Waals surface area contributed by atoms with E-state index in [-0.39, 0.29) is 74.5 Å². The van der Waals surface area contributed by atoms with Crippen LogP contribution in [0.2, 0.25) is 18.1 Å². The molecular weight excluding hydrogens is 1050 g/mol. The van der Waals surface area contributed by atoms with Crippen LogP contribution in [0.4, 0.5) is 10.5 Å². The Hall–Kier alpha value is -7.08. The lowest BCUT2D eigenvalue weighted by Gasteiger charge is -2.39. The van der Waals surface area contributed by atoms with Crippen LogP contribution in [0, 0.1) is 0 Å². The van der Waals surface area contributed by atoms with E-state index < -0.39 is 67.8 Å². The normalized spacial score (nSPS) is 14.7. The van der Waals surface area contributed by atoms with Gasteiger partial charge in [0.2, 0.25) is 25.9 Å². The van der Waals surface area contributed by atoms with Crippen LogP contribution >= 0.6 is 0 Å². The highest BCUT2D eigenvalue weighted by atomic mass is 32.2. The molecule has 5 aromatic carbocycles. The van der Waals surface area contributed by atoms with Crippen LogP contribution in [-0.4, -0.2) is 124 Å². The molecule has 1 atom stereocenters. The maximum absolute atomic E-state index is 16.3. The number of methoxy groups -OCH3 is 1. The second-order valence-corrected chi connectivity index (χ2v) is 30.1. The molecule has 6 aromatic rings. The number of carbonyl (C=O) groups excluding carboxylic acids is 3. The first-order valence-corrected chi connectivity index (χ1v) is 31.4. The summed E-state index contributed by atoms with van der Waals surface area (Å²) < 4.78 is 84.9. The van der Waals surface area contributed by atoms with Gasteiger partial charge in [-0.25, -0.2) is 26.4 Å². The molecule has 22 heteroatoms.